The van der Waals surface area contributed by atoms with Crippen LogP contribution in [0.1, 0.15) is 25.3 Å². The van der Waals surface area contributed by atoms with Gasteiger partial charge in [-0.2, -0.15) is 4.31 Å². The first-order valence-electron chi connectivity index (χ1n) is 10.8. The van der Waals surface area contributed by atoms with E-state index in [0.29, 0.717) is 43.4 Å². The van der Waals surface area contributed by atoms with E-state index in [1.165, 1.54) is 16.4 Å². The highest BCUT2D eigenvalue weighted by atomic mass is 32.2. The fourth-order valence-corrected chi connectivity index (χ4v) is 5.77. The molecule has 0 bridgehead atoms. The smallest absolute Gasteiger partial charge is 0.248 e. The molecule has 4 rings (SSSR count). The lowest BCUT2D eigenvalue weighted by atomic mass is 9.98. The third kappa shape index (κ3) is 4.61. The molecule has 1 atom stereocenters. The largest absolute Gasteiger partial charge is 0.338 e. The molecule has 168 valence electrons. The Labute approximate surface area is 187 Å². The summed E-state index contributed by atoms with van der Waals surface area (Å²) in [6, 6.07) is 17.5. The highest BCUT2D eigenvalue weighted by molar-refractivity contribution is 7.89. The molecule has 0 radical (unpaired) electrons. The van der Waals surface area contributed by atoms with E-state index in [4.69, 9.17) is 0 Å². The zero-order chi connectivity index (χ0) is 22.7. The Morgan fingerprint density at radius 2 is 1.91 bits per heavy atom. The van der Waals surface area contributed by atoms with E-state index >= 15 is 0 Å². The number of hydrogen-bond acceptors (Lipinski definition) is 4. The van der Waals surface area contributed by atoms with Crippen LogP contribution in [-0.4, -0.2) is 48.1 Å². The Hall–Kier alpha value is -2.97. The lowest BCUT2D eigenvalue weighted by Gasteiger charge is -2.34. The van der Waals surface area contributed by atoms with E-state index in [1.807, 2.05) is 37.3 Å². The molecule has 0 unspecified atom stereocenters. The summed E-state index contributed by atoms with van der Waals surface area (Å²) in [5.74, 6) is -0.369. The van der Waals surface area contributed by atoms with Crippen LogP contribution in [0.15, 0.2) is 70.4 Å². The lowest BCUT2D eigenvalue weighted by molar-refractivity contribution is -0.137. The van der Waals surface area contributed by atoms with Crippen LogP contribution < -0.4 is 5.56 Å². The molecule has 1 fully saturated rings. The highest BCUT2D eigenvalue weighted by Crippen LogP contribution is 2.27. The lowest BCUT2D eigenvalue weighted by Crippen LogP contribution is -2.46. The van der Waals surface area contributed by atoms with Crippen molar-refractivity contribution in [3.63, 3.8) is 0 Å². The van der Waals surface area contributed by atoms with Crippen molar-refractivity contribution >= 4 is 26.8 Å². The predicted molar refractivity (Wildman–Crippen MR) is 124 cm³/mol. The van der Waals surface area contributed by atoms with Crippen LogP contribution in [0.3, 0.4) is 0 Å². The van der Waals surface area contributed by atoms with Crippen molar-refractivity contribution in [2.24, 2.45) is 5.92 Å². The van der Waals surface area contributed by atoms with E-state index < -0.39 is 10.0 Å². The van der Waals surface area contributed by atoms with E-state index in [9.17, 15) is 18.0 Å². The maximum absolute atomic E-state index is 13.3. The van der Waals surface area contributed by atoms with Crippen molar-refractivity contribution in [3.8, 4) is 0 Å². The van der Waals surface area contributed by atoms with Gasteiger partial charge in [-0.05, 0) is 55.0 Å². The van der Waals surface area contributed by atoms with Gasteiger partial charge in [0.05, 0.1) is 10.8 Å². The van der Waals surface area contributed by atoms with Gasteiger partial charge in [0.25, 0.3) is 0 Å². The number of amides is 1. The molecule has 0 spiro atoms. The van der Waals surface area contributed by atoms with Gasteiger partial charge in [0.1, 0.15) is 0 Å². The average Bonchev–Trinajstić information content (AvgIpc) is 2.82. The SMILES string of the molecule is CCN(Cc1ccccc1)C(=O)[C@@H]1CCCN(S(=O)(=O)c2ccc3[nH]c(=O)ccc3c2)C1. The number of pyridine rings is 1. The van der Waals surface area contributed by atoms with Crippen molar-refractivity contribution in [2.45, 2.75) is 31.2 Å². The molecule has 0 saturated carbocycles. The number of fused-ring (bicyclic) bond motifs is 1. The average molecular weight is 454 g/mol. The highest BCUT2D eigenvalue weighted by Gasteiger charge is 2.35. The number of benzene rings is 2. The first kappa shape index (κ1) is 22.2. The second-order valence-electron chi connectivity index (χ2n) is 8.11. The predicted octanol–water partition coefficient (Wildman–Crippen LogP) is 2.98. The number of aromatic amines is 1. The topological polar surface area (TPSA) is 90.6 Å². The number of piperidine rings is 1. The summed E-state index contributed by atoms with van der Waals surface area (Å²) in [6.07, 6.45) is 1.31. The van der Waals surface area contributed by atoms with Crippen molar-refractivity contribution in [2.75, 3.05) is 19.6 Å². The van der Waals surface area contributed by atoms with E-state index in [1.54, 1.807) is 23.1 Å². The summed E-state index contributed by atoms with van der Waals surface area (Å²) in [7, 11) is -3.75. The first-order valence-corrected chi connectivity index (χ1v) is 12.3. The van der Waals surface area contributed by atoms with Gasteiger partial charge >= 0.3 is 0 Å². The number of nitrogens with zero attached hydrogens (tertiary/aromatic N) is 2. The fourth-order valence-electron chi connectivity index (χ4n) is 4.21. The maximum Gasteiger partial charge on any atom is 0.248 e. The third-order valence-corrected chi connectivity index (χ3v) is 7.84. The number of nitrogens with one attached hydrogen (secondary N) is 1. The third-order valence-electron chi connectivity index (χ3n) is 5.98. The van der Waals surface area contributed by atoms with E-state index in [2.05, 4.69) is 4.98 Å². The second kappa shape index (κ2) is 9.26. The van der Waals surface area contributed by atoms with E-state index in [0.717, 1.165) is 5.56 Å². The monoisotopic (exact) mass is 453 g/mol. The van der Waals surface area contributed by atoms with Gasteiger partial charge in [-0.15, -0.1) is 0 Å². The Morgan fingerprint density at radius 1 is 1.12 bits per heavy atom. The number of rotatable bonds is 6. The molecule has 1 saturated heterocycles. The molecule has 1 aromatic heterocycles. The number of carbonyl (C=O) groups is 1. The molecule has 1 aliphatic heterocycles. The maximum atomic E-state index is 13.3. The fraction of sp³-hybridized carbons (Fsp3) is 0.333. The number of H-pyrrole nitrogens is 1. The molecular weight excluding hydrogens is 426 g/mol. The number of hydrogen-bond donors (Lipinski definition) is 1. The molecule has 7 nitrogen and oxygen atoms in total. The van der Waals surface area contributed by atoms with Crippen molar-refractivity contribution in [1.29, 1.82) is 0 Å². The number of carbonyl (C=O) groups excluding carboxylic acids is 1. The standard InChI is InChI=1S/C24H27N3O4S/c1-2-26(16-18-7-4-3-5-8-18)24(29)20-9-6-14-27(17-20)32(30,31)21-11-12-22-19(15-21)10-13-23(28)25-22/h3-5,7-8,10-13,15,20H,2,6,9,14,16-17H2,1H3,(H,25,28)/t20-/m1/s1. The molecule has 8 heteroatoms. The minimum Gasteiger partial charge on any atom is -0.338 e. The van der Waals surface area contributed by atoms with Crippen LogP contribution in [0.2, 0.25) is 0 Å². The van der Waals surface area contributed by atoms with Crippen LogP contribution >= 0.6 is 0 Å². The number of sulfonamides is 1. The Kier molecular flexibility index (Phi) is 6.43. The van der Waals surface area contributed by atoms with Gasteiger partial charge < -0.3 is 9.88 Å². The number of aromatic nitrogens is 1. The van der Waals surface area contributed by atoms with Gasteiger partial charge in [0, 0.05) is 37.8 Å². The van der Waals surface area contributed by atoms with Crippen molar-refractivity contribution in [3.05, 3.63) is 76.6 Å². The summed E-state index contributed by atoms with van der Waals surface area (Å²) >= 11 is 0. The molecule has 32 heavy (non-hydrogen) atoms. The van der Waals surface area contributed by atoms with Crippen LogP contribution in [0.25, 0.3) is 10.9 Å². The van der Waals surface area contributed by atoms with Gasteiger partial charge in [0.15, 0.2) is 0 Å². The Bertz CT molecular complexity index is 1270. The summed E-state index contributed by atoms with van der Waals surface area (Å²) in [4.78, 5) is 29.4. The summed E-state index contributed by atoms with van der Waals surface area (Å²) in [6.45, 7) is 3.59. The second-order valence-corrected chi connectivity index (χ2v) is 10.0. The van der Waals surface area contributed by atoms with Crippen LogP contribution in [0, 0.1) is 5.92 Å². The molecule has 1 aliphatic rings. The van der Waals surface area contributed by atoms with Crippen molar-refractivity contribution < 1.29 is 13.2 Å². The molecule has 2 heterocycles. The first-order chi connectivity index (χ1) is 15.4. The van der Waals surface area contributed by atoms with Gasteiger partial charge in [-0.3, -0.25) is 9.59 Å². The van der Waals surface area contributed by atoms with Crippen molar-refractivity contribution in [1.82, 2.24) is 14.2 Å². The summed E-state index contributed by atoms with van der Waals surface area (Å²) in [5, 5.41) is 0.648. The van der Waals surface area contributed by atoms with Crippen LogP contribution in [0.5, 0.6) is 0 Å². The van der Waals surface area contributed by atoms with Gasteiger partial charge in [-0.25, -0.2) is 8.42 Å². The summed E-state index contributed by atoms with van der Waals surface area (Å²) in [5.41, 5.74) is 1.40. The van der Waals surface area contributed by atoms with E-state index in [-0.39, 0.29) is 28.8 Å². The van der Waals surface area contributed by atoms with Crippen LogP contribution in [-0.2, 0) is 21.4 Å². The quantitative estimate of drug-likeness (QED) is 0.621. The molecule has 1 amide bonds. The minimum atomic E-state index is -3.75. The molecule has 1 N–H and O–H groups in total. The zero-order valence-corrected chi connectivity index (χ0v) is 18.8. The van der Waals surface area contributed by atoms with Gasteiger partial charge in [-0.1, -0.05) is 30.3 Å². The Balaban J connectivity index is 1.53. The normalized spacial score (nSPS) is 17.3. The summed E-state index contributed by atoms with van der Waals surface area (Å²) < 4.78 is 28.1. The minimum absolute atomic E-state index is 0.00709. The molecular formula is C24H27N3O4S. The van der Waals surface area contributed by atoms with Gasteiger partial charge in [0.2, 0.25) is 21.5 Å². The molecule has 2 aromatic carbocycles. The molecule has 3 aromatic rings. The molecule has 0 aliphatic carbocycles. The Morgan fingerprint density at radius 3 is 2.66 bits per heavy atom. The van der Waals surface area contributed by atoms with Crippen LogP contribution in [0.4, 0.5) is 0 Å². The zero-order valence-electron chi connectivity index (χ0n) is 18.0.